The minimum atomic E-state index is -1.27. The highest BCUT2D eigenvalue weighted by Crippen LogP contribution is 2.10. The van der Waals surface area contributed by atoms with Crippen LogP contribution in [0.5, 0.6) is 0 Å². The number of aliphatic hydroxyl groups excluding tert-OH is 1. The Hall–Kier alpha value is -0.670. The van der Waals surface area contributed by atoms with Crippen LogP contribution in [0.2, 0.25) is 0 Å². The Bertz CT molecular complexity index is 258. The zero-order valence-corrected chi connectivity index (χ0v) is 7.75. The van der Waals surface area contributed by atoms with Gasteiger partial charge in [0, 0.05) is 4.90 Å². The van der Waals surface area contributed by atoms with E-state index >= 15 is 0 Å². The van der Waals surface area contributed by atoms with Gasteiger partial charge in [0.1, 0.15) is 5.44 Å². The summed E-state index contributed by atoms with van der Waals surface area (Å²) < 4.78 is 11.4. The first-order valence-electron chi connectivity index (χ1n) is 3.89. The Morgan fingerprint density at radius 3 is 2.50 bits per heavy atom. The van der Waals surface area contributed by atoms with Gasteiger partial charge in [-0.1, -0.05) is 25.1 Å². The van der Waals surface area contributed by atoms with Crippen molar-refractivity contribution in [3.63, 3.8) is 0 Å². The van der Waals surface area contributed by atoms with E-state index in [1.807, 2.05) is 25.1 Å². The van der Waals surface area contributed by atoms with E-state index in [2.05, 4.69) is 0 Å². The number of rotatable bonds is 3. The van der Waals surface area contributed by atoms with Crippen molar-refractivity contribution >= 4 is 10.8 Å². The van der Waals surface area contributed by atoms with Gasteiger partial charge in [0.2, 0.25) is 0 Å². The van der Waals surface area contributed by atoms with E-state index in [4.69, 9.17) is 0 Å². The van der Waals surface area contributed by atoms with Gasteiger partial charge in [-0.05, 0) is 18.6 Å². The molecule has 0 amide bonds. The lowest BCUT2D eigenvalue weighted by atomic mass is 10.4. The van der Waals surface area contributed by atoms with Crippen molar-refractivity contribution < 1.29 is 9.32 Å². The Morgan fingerprint density at radius 1 is 1.42 bits per heavy atom. The summed E-state index contributed by atoms with van der Waals surface area (Å²) in [7, 11) is -1.27. The number of aliphatic hydroxyl groups is 1. The van der Waals surface area contributed by atoms with Crippen LogP contribution in [0.15, 0.2) is 35.2 Å². The molecule has 0 bridgehead atoms. The third kappa shape index (κ3) is 2.16. The highest BCUT2D eigenvalue weighted by Gasteiger charge is 2.11. The van der Waals surface area contributed by atoms with Gasteiger partial charge >= 0.3 is 0 Å². The van der Waals surface area contributed by atoms with Crippen molar-refractivity contribution in [2.45, 2.75) is 23.7 Å². The summed E-state index contributed by atoms with van der Waals surface area (Å²) in [5.74, 6) is 0. The molecule has 0 radical (unpaired) electrons. The molecule has 0 aliphatic rings. The summed E-state index contributed by atoms with van der Waals surface area (Å²) >= 11 is 0. The van der Waals surface area contributed by atoms with Gasteiger partial charge in [-0.15, -0.1) is 0 Å². The van der Waals surface area contributed by atoms with E-state index in [1.54, 1.807) is 12.1 Å². The number of benzene rings is 1. The van der Waals surface area contributed by atoms with E-state index in [9.17, 15) is 9.32 Å². The predicted molar refractivity (Wildman–Crippen MR) is 49.1 cm³/mol. The maximum atomic E-state index is 11.4. The first kappa shape index (κ1) is 9.42. The Morgan fingerprint density at radius 2 is 2.00 bits per heavy atom. The molecule has 0 aliphatic heterocycles. The summed E-state index contributed by atoms with van der Waals surface area (Å²) in [6, 6.07) is 9.01. The van der Waals surface area contributed by atoms with Crippen molar-refractivity contribution in [1.29, 1.82) is 0 Å². The summed E-state index contributed by atoms with van der Waals surface area (Å²) in [5.41, 5.74) is -0.743. The summed E-state index contributed by atoms with van der Waals surface area (Å²) in [5, 5.41) is 9.28. The van der Waals surface area contributed by atoms with Crippen LogP contribution in [0, 0.1) is 0 Å². The zero-order valence-electron chi connectivity index (χ0n) is 6.93. The monoisotopic (exact) mass is 184 g/mol. The molecule has 0 saturated carbocycles. The first-order valence-corrected chi connectivity index (χ1v) is 5.10. The molecule has 0 aromatic heterocycles. The van der Waals surface area contributed by atoms with Crippen LogP contribution >= 0.6 is 0 Å². The average molecular weight is 184 g/mol. The molecule has 0 aliphatic carbocycles. The van der Waals surface area contributed by atoms with Crippen molar-refractivity contribution in [2.75, 3.05) is 0 Å². The molecule has 0 saturated heterocycles. The normalized spacial score (nSPS) is 15.5. The van der Waals surface area contributed by atoms with E-state index in [1.165, 1.54) is 0 Å². The molecule has 2 atom stereocenters. The number of hydrogen-bond donors (Lipinski definition) is 1. The Kier molecular flexibility index (Phi) is 3.44. The summed E-state index contributed by atoms with van der Waals surface area (Å²) in [6.07, 6.45) is 0.515. The molecule has 1 rings (SSSR count). The lowest BCUT2D eigenvalue weighted by Gasteiger charge is -2.06. The molecule has 0 fully saturated rings. The average Bonchev–Trinajstić information content (AvgIpc) is 2.17. The highest BCUT2D eigenvalue weighted by atomic mass is 32.2. The van der Waals surface area contributed by atoms with Crippen LogP contribution < -0.4 is 0 Å². The second kappa shape index (κ2) is 4.38. The second-order valence-electron chi connectivity index (χ2n) is 2.47. The van der Waals surface area contributed by atoms with Crippen LogP contribution in [0.1, 0.15) is 13.3 Å². The molecule has 3 heteroatoms. The topological polar surface area (TPSA) is 37.3 Å². The smallest absolute Gasteiger partial charge is 0.133 e. The van der Waals surface area contributed by atoms with Crippen LogP contribution in [-0.2, 0) is 10.8 Å². The van der Waals surface area contributed by atoms with Crippen LogP contribution in [0.4, 0.5) is 0 Å². The minimum Gasteiger partial charge on any atom is -0.379 e. The van der Waals surface area contributed by atoms with E-state index < -0.39 is 16.2 Å². The lowest BCUT2D eigenvalue weighted by molar-refractivity contribution is 0.252. The Balaban J connectivity index is 2.79. The molecule has 0 heterocycles. The van der Waals surface area contributed by atoms with Gasteiger partial charge in [0.05, 0.1) is 10.8 Å². The van der Waals surface area contributed by atoms with Crippen molar-refractivity contribution in [2.24, 2.45) is 0 Å². The van der Waals surface area contributed by atoms with E-state index in [-0.39, 0.29) is 0 Å². The predicted octanol–water partition coefficient (Wildman–Crippen LogP) is 1.52. The molecular weight excluding hydrogens is 172 g/mol. The number of hydrogen-bond acceptors (Lipinski definition) is 2. The van der Waals surface area contributed by atoms with Crippen LogP contribution in [0.3, 0.4) is 0 Å². The first-order chi connectivity index (χ1) is 5.75. The fourth-order valence-electron chi connectivity index (χ4n) is 0.863. The molecule has 2 nitrogen and oxygen atoms in total. The molecule has 1 N–H and O–H groups in total. The largest absolute Gasteiger partial charge is 0.379 e. The second-order valence-corrected chi connectivity index (χ2v) is 4.08. The molecule has 0 spiro atoms. The van der Waals surface area contributed by atoms with Gasteiger partial charge in [0.25, 0.3) is 0 Å². The summed E-state index contributed by atoms with van der Waals surface area (Å²) in [6.45, 7) is 1.81. The molecular formula is C9H12O2S. The van der Waals surface area contributed by atoms with Crippen molar-refractivity contribution in [3.05, 3.63) is 30.3 Å². The van der Waals surface area contributed by atoms with E-state index in [0.717, 1.165) is 0 Å². The quantitative estimate of drug-likeness (QED) is 0.773. The molecule has 12 heavy (non-hydrogen) atoms. The molecule has 1 aromatic rings. The third-order valence-electron chi connectivity index (χ3n) is 1.57. The lowest BCUT2D eigenvalue weighted by Crippen LogP contribution is -2.12. The molecule has 1 aromatic carbocycles. The van der Waals surface area contributed by atoms with Gasteiger partial charge in [-0.25, -0.2) is 0 Å². The molecule has 2 unspecified atom stereocenters. The third-order valence-corrected chi connectivity index (χ3v) is 3.14. The van der Waals surface area contributed by atoms with Crippen molar-refractivity contribution in [1.82, 2.24) is 0 Å². The highest BCUT2D eigenvalue weighted by molar-refractivity contribution is 7.85. The van der Waals surface area contributed by atoms with Gasteiger partial charge in [-0.2, -0.15) is 0 Å². The minimum absolute atomic E-state index is 0.515. The maximum absolute atomic E-state index is 11.4. The van der Waals surface area contributed by atoms with Gasteiger partial charge < -0.3 is 5.11 Å². The van der Waals surface area contributed by atoms with Crippen LogP contribution in [0.25, 0.3) is 0 Å². The van der Waals surface area contributed by atoms with Crippen molar-refractivity contribution in [3.8, 4) is 0 Å². The molecule has 66 valence electrons. The van der Waals surface area contributed by atoms with Gasteiger partial charge in [-0.3, -0.25) is 4.21 Å². The van der Waals surface area contributed by atoms with Crippen LogP contribution in [-0.4, -0.2) is 14.8 Å². The SMILES string of the molecule is CCC(O)S(=O)c1ccccc1. The maximum Gasteiger partial charge on any atom is 0.133 e. The summed E-state index contributed by atoms with van der Waals surface area (Å²) in [4.78, 5) is 0.687. The van der Waals surface area contributed by atoms with Gasteiger partial charge in [0.15, 0.2) is 0 Å². The van der Waals surface area contributed by atoms with E-state index in [0.29, 0.717) is 11.3 Å². The standard InChI is InChI=1S/C9H12O2S/c1-2-9(10)12(11)8-6-4-3-5-7-8/h3-7,9-10H,2H2,1H3. The fraction of sp³-hybridized carbons (Fsp3) is 0.333. The fourth-order valence-corrected chi connectivity index (χ4v) is 1.91. The Labute approximate surface area is 74.7 Å². The zero-order chi connectivity index (χ0) is 8.97.